The number of rotatable bonds is 1. The highest BCUT2D eigenvalue weighted by atomic mass is 35.5. The normalized spacial score (nSPS) is 10.6. The lowest BCUT2D eigenvalue weighted by molar-refractivity contribution is 0.768. The van der Waals surface area contributed by atoms with Crippen molar-refractivity contribution in [2.75, 3.05) is 0 Å². The van der Waals surface area contributed by atoms with Crippen LogP contribution in [0.5, 0.6) is 0 Å². The molecule has 0 amide bonds. The first kappa shape index (κ1) is 11.7. The van der Waals surface area contributed by atoms with Gasteiger partial charge in [-0.25, -0.2) is 4.98 Å². The summed E-state index contributed by atoms with van der Waals surface area (Å²) in [6, 6.07) is 9.44. The third-order valence-electron chi connectivity index (χ3n) is 2.90. The smallest absolute Gasteiger partial charge is 0.101 e. The van der Waals surface area contributed by atoms with Crippen molar-refractivity contribution in [1.82, 2.24) is 14.8 Å². The average molecular weight is 269 g/mol. The highest BCUT2D eigenvalue weighted by molar-refractivity contribution is 6.35. The quantitative estimate of drug-likeness (QED) is 0.681. The van der Waals surface area contributed by atoms with Crippen molar-refractivity contribution in [3.05, 3.63) is 47.2 Å². The molecule has 0 aliphatic rings. The van der Waals surface area contributed by atoms with E-state index in [1.54, 1.807) is 23.0 Å². The average Bonchev–Trinajstić information content (AvgIpc) is 2.84. The summed E-state index contributed by atoms with van der Waals surface area (Å²) in [5, 5.41) is 14.8. The van der Waals surface area contributed by atoms with Gasteiger partial charge in [0.05, 0.1) is 28.0 Å². The molecule has 4 nitrogen and oxygen atoms in total. The minimum Gasteiger partial charge on any atom is -0.275 e. The molecule has 2 aromatic heterocycles. The van der Waals surface area contributed by atoms with E-state index in [-0.39, 0.29) is 0 Å². The Bertz CT molecular complexity index is 814. The Morgan fingerprint density at radius 1 is 1.37 bits per heavy atom. The van der Waals surface area contributed by atoms with Gasteiger partial charge < -0.3 is 0 Å². The molecule has 0 aliphatic heterocycles. The molecule has 0 N–H and O–H groups in total. The fourth-order valence-electron chi connectivity index (χ4n) is 2.01. The Morgan fingerprint density at radius 3 is 2.89 bits per heavy atom. The second-order valence-corrected chi connectivity index (χ2v) is 4.61. The molecule has 0 unspecified atom stereocenters. The van der Waals surface area contributed by atoms with E-state index in [0.717, 1.165) is 16.5 Å². The third-order valence-corrected chi connectivity index (χ3v) is 3.23. The first-order chi connectivity index (χ1) is 9.19. The Kier molecular flexibility index (Phi) is 2.69. The van der Waals surface area contributed by atoms with Gasteiger partial charge in [0.1, 0.15) is 6.07 Å². The summed E-state index contributed by atoms with van der Waals surface area (Å²) in [5.41, 5.74) is 2.71. The Labute approximate surface area is 114 Å². The van der Waals surface area contributed by atoms with Crippen molar-refractivity contribution in [3.63, 3.8) is 0 Å². The fourth-order valence-corrected chi connectivity index (χ4v) is 2.23. The third kappa shape index (κ3) is 1.94. The number of pyridine rings is 1. The number of benzene rings is 1. The van der Waals surface area contributed by atoms with Crippen molar-refractivity contribution < 1.29 is 0 Å². The molecule has 2 heterocycles. The van der Waals surface area contributed by atoms with Gasteiger partial charge in [0.15, 0.2) is 0 Å². The maximum atomic E-state index is 9.28. The molecule has 1 aromatic carbocycles. The van der Waals surface area contributed by atoms with Crippen LogP contribution < -0.4 is 0 Å². The minimum atomic E-state index is 0.494. The zero-order valence-corrected chi connectivity index (χ0v) is 10.9. The van der Waals surface area contributed by atoms with Crippen molar-refractivity contribution in [2.24, 2.45) is 7.05 Å². The number of halogens is 1. The van der Waals surface area contributed by atoms with Gasteiger partial charge >= 0.3 is 0 Å². The number of nitrogens with zero attached hydrogens (tertiary/aromatic N) is 4. The standard InChI is InChI=1S/C14H9ClN4/c1-19-8-10(7-17-19)14-9(6-16)5-11-12(15)3-2-4-13(11)18-14/h2-5,7-8H,1H3. The van der Waals surface area contributed by atoms with Crippen LogP contribution in [0.4, 0.5) is 0 Å². The largest absolute Gasteiger partial charge is 0.275 e. The Hall–Kier alpha value is -2.38. The minimum absolute atomic E-state index is 0.494. The molecule has 0 saturated heterocycles. The summed E-state index contributed by atoms with van der Waals surface area (Å²) in [5.74, 6) is 0. The van der Waals surface area contributed by atoms with E-state index in [1.807, 2.05) is 25.4 Å². The lowest BCUT2D eigenvalue weighted by Gasteiger charge is -2.05. The van der Waals surface area contributed by atoms with Crippen molar-refractivity contribution in [3.8, 4) is 17.3 Å². The molecule has 3 rings (SSSR count). The molecule has 0 aliphatic carbocycles. The van der Waals surface area contributed by atoms with Crippen LogP contribution in [0.1, 0.15) is 5.56 Å². The van der Waals surface area contributed by atoms with Crippen LogP contribution in [0.3, 0.4) is 0 Å². The second-order valence-electron chi connectivity index (χ2n) is 4.21. The van der Waals surface area contributed by atoms with Crippen LogP contribution in [0.2, 0.25) is 5.02 Å². The summed E-state index contributed by atoms with van der Waals surface area (Å²) >= 11 is 6.12. The fraction of sp³-hybridized carbons (Fsp3) is 0.0714. The highest BCUT2D eigenvalue weighted by Crippen LogP contribution is 2.28. The van der Waals surface area contributed by atoms with E-state index in [1.165, 1.54) is 0 Å². The monoisotopic (exact) mass is 268 g/mol. The number of aromatic nitrogens is 3. The summed E-state index contributed by atoms with van der Waals surface area (Å²) in [7, 11) is 1.83. The van der Waals surface area contributed by atoms with Gasteiger partial charge in [-0.2, -0.15) is 10.4 Å². The molecular weight excluding hydrogens is 260 g/mol. The molecule has 0 radical (unpaired) electrons. The topological polar surface area (TPSA) is 54.5 Å². The summed E-state index contributed by atoms with van der Waals surface area (Å²) in [6.07, 6.45) is 3.53. The SMILES string of the molecule is Cn1cc(-c2nc3cccc(Cl)c3cc2C#N)cn1. The first-order valence-electron chi connectivity index (χ1n) is 5.67. The summed E-state index contributed by atoms with van der Waals surface area (Å²) in [6.45, 7) is 0. The zero-order valence-electron chi connectivity index (χ0n) is 10.1. The van der Waals surface area contributed by atoms with Gasteiger partial charge in [0.25, 0.3) is 0 Å². The van der Waals surface area contributed by atoms with E-state index >= 15 is 0 Å². The molecule has 19 heavy (non-hydrogen) atoms. The van der Waals surface area contributed by atoms with Crippen molar-refractivity contribution in [1.29, 1.82) is 5.26 Å². The number of hydrogen-bond donors (Lipinski definition) is 0. The predicted molar refractivity (Wildman–Crippen MR) is 73.7 cm³/mol. The predicted octanol–water partition coefficient (Wildman–Crippen LogP) is 3.16. The van der Waals surface area contributed by atoms with E-state index in [0.29, 0.717) is 16.3 Å². The van der Waals surface area contributed by atoms with Crippen LogP contribution in [0.25, 0.3) is 22.2 Å². The van der Waals surface area contributed by atoms with Gasteiger partial charge in [-0.05, 0) is 18.2 Å². The summed E-state index contributed by atoms with van der Waals surface area (Å²) in [4.78, 5) is 4.53. The maximum absolute atomic E-state index is 9.28. The van der Waals surface area contributed by atoms with E-state index < -0.39 is 0 Å². The molecule has 92 valence electrons. The number of aryl methyl sites for hydroxylation is 1. The maximum Gasteiger partial charge on any atom is 0.101 e. The van der Waals surface area contributed by atoms with Crippen LogP contribution in [-0.4, -0.2) is 14.8 Å². The van der Waals surface area contributed by atoms with E-state index in [4.69, 9.17) is 11.6 Å². The van der Waals surface area contributed by atoms with Crippen LogP contribution in [-0.2, 0) is 7.05 Å². The first-order valence-corrected chi connectivity index (χ1v) is 6.05. The molecule has 0 atom stereocenters. The van der Waals surface area contributed by atoms with E-state index in [2.05, 4.69) is 16.2 Å². The molecule has 0 bridgehead atoms. The molecule has 3 aromatic rings. The van der Waals surface area contributed by atoms with Gasteiger partial charge in [0.2, 0.25) is 0 Å². The van der Waals surface area contributed by atoms with Crippen molar-refractivity contribution in [2.45, 2.75) is 0 Å². The lowest BCUT2D eigenvalue weighted by atomic mass is 10.1. The van der Waals surface area contributed by atoms with Gasteiger partial charge in [-0.3, -0.25) is 4.68 Å². The zero-order chi connectivity index (χ0) is 13.4. The molecule has 5 heteroatoms. The molecule has 0 spiro atoms. The van der Waals surface area contributed by atoms with Crippen LogP contribution in [0, 0.1) is 11.3 Å². The highest BCUT2D eigenvalue weighted by Gasteiger charge is 2.11. The molecular formula is C14H9ClN4. The Balaban J connectivity index is 2.33. The lowest BCUT2D eigenvalue weighted by Crippen LogP contribution is -1.91. The van der Waals surface area contributed by atoms with E-state index in [9.17, 15) is 5.26 Å². The van der Waals surface area contributed by atoms with Gasteiger partial charge in [0, 0.05) is 24.2 Å². The van der Waals surface area contributed by atoms with Crippen molar-refractivity contribution >= 4 is 22.5 Å². The van der Waals surface area contributed by atoms with Gasteiger partial charge in [-0.15, -0.1) is 0 Å². The molecule has 0 saturated carbocycles. The van der Waals surface area contributed by atoms with Crippen LogP contribution >= 0.6 is 11.6 Å². The second kappa shape index (κ2) is 4.38. The molecule has 0 fully saturated rings. The number of nitriles is 1. The van der Waals surface area contributed by atoms with Crippen LogP contribution in [0.15, 0.2) is 36.7 Å². The Morgan fingerprint density at radius 2 is 2.21 bits per heavy atom. The van der Waals surface area contributed by atoms with Gasteiger partial charge in [-0.1, -0.05) is 17.7 Å². The number of hydrogen-bond acceptors (Lipinski definition) is 3. The number of fused-ring (bicyclic) bond motifs is 1. The summed E-state index contributed by atoms with van der Waals surface area (Å²) < 4.78 is 1.68.